The summed E-state index contributed by atoms with van der Waals surface area (Å²) in [6.45, 7) is 4.74. The van der Waals surface area contributed by atoms with Crippen molar-refractivity contribution in [2.75, 3.05) is 31.6 Å². The van der Waals surface area contributed by atoms with Gasteiger partial charge in [-0.1, -0.05) is 6.07 Å². The van der Waals surface area contributed by atoms with Crippen molar-refractivity contribution in [1.29, 1.82) is 0 Å². The number of rotatable bonds is 6. The number of guanidine groups is 1. The highest BCUT2D eigenvalue weighted by molar-refractivity contribution is 5.80. The zero-order valence-corrected chi connectivity index (χ0v) is 17.4. The standard InChI is InChI=1S/C21H28N8O/c1-15-5-6-19(24-14-15)29-11-8-16(9-12-29)25-21(22-2)23-10-7-18-26-20(28-27-18)17-4-3-13-30-17/h3-6,13-14,16H,7-12H2,1-2H3,(H2,22,23,25)(H,26,27,28). The summed E-state index contributed by atoms with van der Waals surface area (Å²) >= 11 is 0. The van der Waals surface area contributed by atoms with Crippen molar-refractivity contribution >= 4 is 11.8 Å². The first-order valence-corrected chi connectivity index (χ1v) is 10.3. The molecule has 3 aromatic heterocycles. The fourth-order valence-electron chi connectivity index (χ4n) is 3.51. The van der Waals surface area contributed by atoms with Gasteiger partial charge in [-0.2, -0.15) is 5.10 Å². The van der Waals surface area contributed by atoms with Crippen LogP contribution in [0.15, 0.2) is 46.1 Å². The van der Waals surface area contributed by atoms with Gasteiger partial charge in [0.15, 0.2) is 11.7 Å². The summed E-state index contributed by atoms with van der Waals surface area (Å²) in [6, 6.07) is 8.28. The van der Waals surface area contributed by atoms with Crippen LogP contribution in [-0.4, -0.2) is 58.8 Å². The summed E-state index contributed by atoms with van der Waals surface area (Å²) < 4.78 is 5.32. The second kappa shape index (κ2) is 9.43. The van der Waals surface area contributed by atoms with Crippen LogP contribution in [0.25, 0.3) is 11.6 Å². The van der Waals surface area contributed by atoms with E-state index < -0.39 is 0 Å². The number of aromatic amines is 1. The molecule has 9 heteroatoms. The fourth-order valence-corrected chi connectivity index (χ4v) is 3.51. The number of aromatic nitrogens is 4. The third-order valence-electron chi connectivity index (χ3n) is 5.21. The van der Waals surface area contributed by atoms with Crippen LogP contribution in [0.5, 0.6) is 0 Å². The lowest BCUT2D eigenvalue weighted by Crippen LogP contribution is -2.49. The van der Waals surface area contributed by atoms with E-state index in [1.807, 2.05) is 18.3 Å². The van der Waals surface area contributed by atoms with E-state index in [1.54, 1.807) is 13.3 Å². The quantitative estimate of drug-likeness (QED) is 0.424. The van der Waals surface area contributed by atoms with Gasteiger partial charge in [-0.15, -0.1) is 0 Å². The number of piperidine rings is 1. The SMILES string of the molecule is CN=C(NCCc1nc(-c2ccco2)n[nH]1)NC1CCN(c2ccc(C)cn2)CC1. The van der Waals surface area contributed by atoms with E-state index in [2.05, 4.69) is 59.7 Å². The second-order valence-corrected chi connectivity index (χ2v) is 7.43. The van der Waals surface area contributed by atoms with Crippen LogP contribution in [0.2, 0.25) is 0 Å². The van der Waals surface area contributed by atoms with Crippen LogP contribution in [0.4, 0.5) is 5.82 Å². The molecule has 1 saturated heterocycles. The summed E-state index contributed by atoms with van der Waals surface area (Å²) in [4.78, 5) is 15.7. The Balaban J connectivity index is 1.20. The van der Waals surface area contributed by atoms with Crippen molar-refractivity contribution in [2.45, 2.75) is 32.2 Å². The Kier molecular flexibility index (Phi) is 6.26. The van der Waals surface area contributed by atoms with Gasteiger partial charge in [0.2, 0.25) is 5.82 Å². The molecule has 0 aliphatic carbocycles. The largest absolute Gasteiger partial charge is 0.461 e. The lowest BCUT2D eigenvalue weighted by atomic mass is 10.1. The van der Waals surface area contributed by atoms with Gasteiger partial charge in [0, 0.05) is 45.3 Å². The number of H-pyrrole nitrogens is 1. The summed E-state index contributed by atoms with van der Waals surface area (Å²) in [5, 5.41) is 14.0. The van der Waals surface area contributed by atoms with Crippen molar-refractivity contribution in [2.24, 2.45) is 4.99 Å². The first-order valence-electron chi connectivity index (χ1n) is 10.3. The molecule has 4 heterocycles. The lowest BCUT2D eigenvalue weighted by Gasteiger charge is -2.33. The fraction of sp³-hybridized carbons (Fsp3) is 0.429. The van der Waals surface area contributed by atoms with E-state index in [4.69, 9.17) is 4.42 Å². The van der Waals surface area contributed by atoms with Crippen LogP contribution in [0.1, 0.15) is 24.2 Å². The van der Waals surface area contributed by atoms with Gasteiger partial charge in [0.25, 0.3) is 0 Å². The number of hydrogen-bond donors (Lipinski definition) is 3. The minimum Gasteiger partial charge on any atom is -0.461 e. The maximum atomic E-state index is 5.32. The van der Waals surface area contributed by atoms with E-state index in [9.17, 15) is 0 Å². The molecule has 0 radical (unpaired) electrons. The number of nitrogens with zero attached hydrogens (tertiary/aromatic N) is 5. The molecular weight excluding hydrogens is 380 g/mol. The highest BCUT2D eigenvalue weighted by Gasteiger charge is 2.20. The van der Waals surface area contributed by atoms with Crippen molar-refractivity contribution < 1.29 is 4.42 Å². The molecule has 1 aliphatic heterocycles. The molecule has 0 atom stereocenters. The molecule has 158 valence electrons. The highest BCUT2D eigenvalue weighted by Crippen LogP contribution is 2.18. The molecule has 0 spiro atoms. The Labute approximate surface area is 176 Å². The Morgan fingerprint density at radius 3 is 2.87 bits per heavy atom. The number of aliphatic imine (C=N–C) groups is 1. The minimum atomic E-state index is 0.397. The average Bonchev–Trinajstić information content (AvgIpc) is 3.46. The predicted octanol–water partition coefficient (Wildman–Crippen LogP) is 2.14. The molecule has 9 nitrogen and oxygen atoms in total. The number of furan rings is 1. The Hall–Kier alpha value is -3.36. The number of pyridine rings is 1. The smallest absolute Gasteiger partial charge is 0.216 e. The van der Waals surface area contributed by atoms with E-state index >= 15 is 0 Å². The normalized spacial score (nSPS) is 15.4. The predicted molar refractivity (Wildman–Crippen MR) is 116 cm³/mol. The number of aryl methyl sites for hydroxylation is 1. The molecule has 0 bridgehead atoms. The van der Waals surface area contributed by atoms with Crippen LogP contribution in [0, 0.1) is 6.92 Å². The van der Waals surface area contributed by atoms with E-state index in [0.29, 0.717) is 30.6 Å². The number of anilines is 1. The topological polar surface area (TPSA) is 107 Å². The van der Waals surface area contributed by atoms with Crippen molar-refractivity contribution in [3.05, 3.63) is 48.1 Å². The van der Waals surface area contributed by atoms with Crippen LogP contribution < -0.4 is 15.5 Å². The molecule has 3 N–H and O–H groups in total. The van der Waals surface area contributed by atoms with Gasteiger partial charge in [-0.25, -0.2) is 9.97 Å². The van der Waals surface area contributed by atoms with Gasteiger partial charge < -0.3 is 20.0 Å². The summed E-state index contributed by atoms with van der Waals surface area (Å²) in [5.41, 5.74) is 1.19. The summed E-state index contributed by atoms with van der Waals surface area (Å²) in [7, 11) is 1.80. The average molecular weight is 409 g/mol. The Bertz CT molecular complexity index is 940. The third kappa shape index (κ3) is 4.97. The van der Waals surface area contributed by atoms with Crippen molar-refractivity contribution in [3.8, 4) is 11.6 Å². The molecule has 0 amide bonds. The van der Waals surface area contributed by atoms with Crippen LogP contribution in [0.3, 0.4) is 0 Å². The minimum absolute atomic E-state index is 0.397. The van der Waals surface area contributed by atoms with Gasteiger partial charge in [-0.3, -0.25) is 10.1 Å². The zero-order valence-electron chi connectivity index (χ0n) is 17.4. The molecular formula is C21H28N8O. The Morgan fingerprint density at radius 1 is 1.30 bits per heavy atom. The first kappa shape index (κ1) is 19.9. The maximum absolute atomic E-state index is 5.32. The molecule has 0 saturated carbocycles. The first-order chi connectivity index (χ1) is 14.7. The van der Waals surface area contributed by atoms with Gasteiger partial charge >= 0.3 is 0 Å². The lowest BCUT2D eigenvalue weighted by molar-refractivity contribution is 0.459. The second-order valence-electron chi connectivity index (χ2n) is 7.43. The molecule has 1 aliphatic rings. The number of nitrogens with one attached hydrogen (secondary N) is 3. The highest BCUT2D eigenvalue weighted by atomic mass is 16.3. The van der Waals surface area contributed by atoms with Gasteiger partial charge in [0.1, 0.15) is 11.6 Å². The van der Waals surface area contributed by atoms with E-state index in [0.717, 1.165) is 43.5 Å². The molecule has 4 rings (SSSR count). The van der Waals surface area contributed by atoms with Crippen LogP contribution >= 0.6 is 0 Å². The van der Waals surface area contributed by atoms with E-state index in [1.165, 1.54) is 5.56 Å². The molecule has 0 unspecified atom stereocenters. The van der Waals surface area contributed by atoms with E-state index in [-0.39, 0.29) is 0 Å². The zero-order chi connectivity index (χ0) is 20.8. The summed E-state index contributed by atoms with van der Waals surface area (Å²) in [6.07, 6.45) is 6.35. The molecule has 30 heavy (non-hydrogen) atoms. The van der Waals surface area contributed by atoms with Gasteiger partial charge in [0.05, 0.1) is 6.26 Å². The van der Waals surface area contributed by atoms with Crippen molar-refractivity contribution in [1.82, 2.24) is 30.8 Å². The summed E-state index contributed by atoms with van der Waals surface area (Å²) in [5.74, 6) is 3.92. The Morgan fingerprint density at radius 2 is 2.17 bits per heavy atom. The van der Waals surface area contributed by atoms with Crippen LogP contribution in [-0.2, 0) is 6.42 Å². The maximum Gasteiger partial charge on any atom is 0.216 e. The number of hydrogen-bond acceptors (Lipinski definition) is 6. The monoisotopic (exact) mass is 408 g/mol. The molecule has 0 aromatic carbocycles. The molecule has 3 aromatic rings. The molecule has 1 fully saturated rings. The van der Waals surface area contributed by atoms with Gasteiger partial charge in [-0.05, 0) is 43.5 Å². The van der Waals surface area contributed by atoms with Crippen molar-refractivity contribution in [3.63, 3.8) is 0 Å². The third-order valence-corrected chi connectivity index (χ3v) is 5.21.